The van der Waals surface area contributed by atoms with Crippen LogP contribution >= 0.6 is 0 Å². The number of primary amides is 1. The molecule has 5 heteroatoms. The van der Waals surface area contributed by atoms with Crippen molar-refractivity contribution in [1.29, 1.82) is 0 Å². The van der Waals surface area contributed by atoms with Gasteiger partial charge in [0.05, 0.1) is 6.61 Å². The van der Waals surface area contributed by atoms with E-state index in [9.17, 15) is 4.79 Å². The number of rotatable bonds is 11. The molecule has 3 N–H and O–H groups in total. The van der Waals surface area contributed by atoms with Gasteiger partial charge >= 0.3 is 0 Å². The summed E-state index contributed by atoms with van der Waals surface area (Å²) >= 11 is 0. The molecule has 1 fully saturated rings. The highest BCUT2D eigenvalue weighted by Crippen LogP contribution is 2.40. The number of hydrogen-bond donors (Lipinski definition) is 2. The van der Waals surface area contributed by atoms with Gasteiger partial charge in [-0.3, -0.25) is 15.0 Å². The predicted molar refractivity (Wildman–Crippen MR) is 86.1 cm³/mol. The summed E-state index contributed by atoms with van der Waals surface area (Å²) in [5.41, 5.74) is 5.21. The van der Waals surface area contributed by atoms with Crippen LogP contribution in [0.15, 0.2) is 0 Å². The van der Waals surface area contributed by atoms with E-state index in [0.717, 1.165) is 25.9 Å². The molecule has 0 saturated heterocycles. The van der Waals surface area contributed by atoms with Gasteiger partial charge in [-0.2, -0.15) is 0 Å². The predicted octanol–water partition coefficient (Wildman–Crippen LogP) is 1.22. The molecule has 1 aliphatic carbocycles. The van der Waals surface area contributed by atoms with E-state index in [2.05, 4.69) is 37.9 Å². The van der Waals surface area contributed by atoms with Crippen molar-refractivity contribution in [2.45, 2.75) is 52.1 Å². The fourth-order valence-corrected chi connectivity index (χ4v) is 3.06. The van der Waals surface area contributed by atoms with Crippen molar-refractivity contribution in [1.82, 2.24) is 10.2 Å². The third-order valence-electron chi connectivity index (χ3n) is 3.97. The van der Waals surface area contributed by atoms with Crippen molar-refractivity contribution in [3.8, 4) is 0 Å². The molecule has 0 aliphatic heterocycles. The van der Waals surface area contributed by atoms with Gasteiger partial charge in [0, 0.05) is 32.8 Å². The monoisotopic (exact) mass is 299 g/mol. The summed E-state index contributed by atoms with van der Waals surface area (Å²) in [4.78, 5) is 14.5. The molecule has 1 amide bonds. The van der Waals surface area contributed by atoms with Gasteiger partial charge < -0.3 is 10.5 Å². The van der Waals surface area contributed by atoms with Gasteiger partial charge in [0.2, 0.25) is 5.91 Å². The molecule has 1 saturated carbocycles. The summed E-state index contributed by atoms with van der Waals surface area (Å²) < 4.78 is 5.21. The molecule has 0 heterocycles. The Morgan fingerprint density at radius 2 is 2.00 bits per heavy atom. The summed E-state index contributed by atoms with van der Waals surface area (Å²) in [6.45, 7) is 11.7. The van der Waals surface area contributed by atoms with Crippen molar-refractivity contribution in [2.24, 2.45) is 17.6 Å². The van der Waals surface area contributed by atoms with E-state index in [1.807, 2.05) is 0 Å². The number of amides is 1. The standard InChI is InChI=1S/C16H33N3O2/c1-12(2)10-19(8-9-21-5)11-16(15(17)20,14-6-7-14)18-13(3)4/h12-14,18H,6-11H2,1-5H3,(H2,17,20). The van der Waals surface area contributed by atoms with Crippen molar-refractivity contribution in [3.63, 3.8) is 0 Å². The second kappa shape index (κ2) is 8.11. The van der Waals surface area contributed by atoms with Crippen molar-refractivity contribution in [3.05, 3.63) is 0 Å². The van der Waals surface area contributed by atoms with Gasteiger partial charge in [-0.25, -0.2) is 0 Å². The van der Waals surface area contributed by atoms with Crippen molar-refractivity contribution >= 4 is 5.91 Å². The Kier molecular flexibility index (Phi) is 7.10. The molecule has 5 nitrogen and oxygen atoms in total. The molecular weight excluding hydrogens is 266 g/mol. The SMILES string of the molecule is COCCN(CC(C)C)CC(NC(C)C)(C(N)=O)C1CC1. The van der Waals surface area contributed by atoms with E-state index in [0.29, 0.717) is 25.0 Å². The fraction of sp³-hybridized carbons (Fsp3) is 0.938. The minimum absolute atomic E-state index is 0.218. The smallest absolute Gasteiger partial charge is 0.239 e. The Balaban J connectivity index is 2.86. The van der Waals surface area contributed by atoms with Gasteiger partial charge in [0.15, 0.2) is 0 Å². The van der Waals surface area contributed by atoms with Gasteiger partial charge in [-0.15, -0.1) is 0 Å². The van der Waals surface area contributed by atoms with E-state index in [4.69, 9.17) is 10.5 Å². The van der Waals surface area contributed by atoms with Gasteiger partial charge in [-0.1, -0.05) is 13.8 Å². The lowest BCUT2D eigenvalue weighted by atomic mass is 9.90. The molecule has 21 heavy (non-hydrogen) atoms. The van der Waals surface area contributed by atoms with Gasteiger partial charge in [0.25, 0.3) is 0 Å². The lowest BCUT2D eigenvalue weighted by molar-refractivity contribution is -0.126. The molecule has 1 unspecified atom stereocenters. The molecule has 0 spiro atoms. The van der Waals surface area contributed by atoms with Crippen LogP contribution in [0, 0.1) is 11.8 Å². The van der Waals surface area contributed by atoms with E-state index in [1.165, 1.54) is 0 Å². The highest BCUT2D eigenvalue weighted by atomic mass is 16.5. The molecule has 0 aromatic carbocycles. The van der Waals surface area contributed by atoms with E-state index < -0.39 is 5.54 Å². The molecule has 1 rings (SSSR count). The Morgan fingerprint density at radius 1 is 1.38 bits per heavy atom. The zero-order valence-electron chi connectivity index (χ0n) is 14.3. The molecule has 1 atom stereocenters. The number of carbonyl (C=O) groups excluding carboxylic acids is 1. The number of ether oxygens (including phenoxy) is 1. The van der Waals surface area contributed by atoms with Gasteiger partial charge in [0.1, 0.15) is 5.54 Å². The second-order valence-corrected chi connectivity index (χ2v) is 7.03. The zero-order valence-corrected chi connectivity index (χ0v) is 14.3. The van der Waals surface area contributed by atoms with E-state index in [-0.39, 0.29) is 11.9 Å². The number of carbonyl (C=O) groups is 1. The molecule has 0 aromatic heterocycles. The van der Waals surface area contributed by atoms with Crippen LogP contribution in [0.5, 0.6) is 0 Å². The van der Waals surface area contributed by atoms with Crippen LogP contribution in [0.1, 0.15) is 40.5 Å². The fourth-order valence-electron chi connectivity index (χ4n) is 3.06. The van der Waals surface area contributed by atoms with Crippen molar-refractivity contribution < 1.29 is 9.53 Å². The largest absolute Gasteiger partial charge is 0.383 e. The maximum absolute atomic E-state index is 12.2. The van der Waals surface area contributed by atoms with Gasteiger partial charge in [-0.05, 0) is 38.5 Å². The molecule has 124 valence electrons. The van der Waals surface area contributed by atoms with Crippen LogP contribution in [0.3, 0.4) is 0 Å². The van der Waals surface area contributed by atoms with Crippen LogP contribution in [-0.2, 0) is 9.53 Å². The minimum Gasteiger partial charge on any atom is -0.383 e. The highest BCUT2D eigenvalue weighted by molar-refractivity contribution is 5.86. The topological polar surface area (TPSA) is 67.6 Å². The minimum atomic E-state index is -0.600. The molecule has 1 aliphatic rings. The average molecular weight is 299 g/mol. The van der Waals surface area contributed by atoms with E-state index >= 15 is 0 Å². The third-order valence-corrected chi connectivity index (χ3v) is 3.97. The van der Waals surface area contributed by atoms with Crippen LogP contribution in [-0.4, -0.2) is 55.7 Å². The third kappa shape index (κ3) is 5.57. The number of hydrogen-bond acceptors (Lipinski definition) is 4. The summed E-state index contributed by atoms with van der Waals surface area (Å²) in [6.07, 6.45) is 2.17. The normalized spacial score (nSPS) is 18.5. The maximum Gasteiger partial charge on any atom is 0.239 e. The Morgan fingerprint density at radius 3 is 2.38 bits per heavy atom. The van der Waals surface area contributed by atoms with Crippen molar-refractivity contribution in [2.75, 3.05) is 33.4 Å². The molecular formula is C16H33N3O2. The van der Waals surface area contributed by atoms with Crippen LogP contribution in [0.25, 0.3) is 0 Å². The Bertz CT molecular complexity index is 329. The number of nitrogens with one attached hydrogen (secondary N) is 1. The summed E-state index contributed by atoms with van der Waals surface area (Å²) in [5.74, 6) is 0.699. The first-order chi connectivity index (χ1) is 9.81. The molecule has 0 radical (unpaired) electrons. The first kappa shape index (κ1) is 18.4. The maximum atomic E-state index is 12.2. The summed E-state index contributed by atoms with van der Waals surface area (Å²) in [5, 5.41) is 3.48. The first-order valence-electron chi connectivity index (χ1n) is 8.10. The zero-order chi connectivity index (χ0) is 16.0. The average Bonchev–Trinajstić information content (AvgIpc) is 3.17. The molecule has 0 aromatic rings. The van der Waals surface area contributed by atoms with Crippen LogP contribution in [0.4, 0.5) is 0 Å². The Hall–Kier alpha value is -0.650. The lowest BCUT2D eigenvalue weighted by Crippen LogP contribution is -2.65. The quantitative estimate of drug-likeness (QED) is 0.602. The number of nitrogens with zero attached hydrogens (tertiary/aromatic N) is 1. The summed E-state index contributed by atoms with van der Waals surface area (Å²) in [6, 6.07) is 0.237. The first-order valence-corrected chi connectivity index (χ1v) is 8.10. The van der Waals surface area contributed by atoms with Crippen LogP contribution < -0.4 is 11.1 Å². The number of methoxy groups -OCH3 is 1. The lowest BCUT2D eigenvalue weighted by Gasteiger charge is -2.39. The van der Waals surface area contributed by atoms with E-state index in [1.54, 1.807) is 7.11 Å². The second-order valence-electron chi connectivity index (χ2n) is 7.03. The number of nitrogens with two attached hydrogens (primary N) is 1. The highest BCUT2D eigenvalue weighted by Gasteiger charge is 2.50. The Labute approximate surface area is 129 Å². The summed E-state index contributed by atoms with van der Waals surface area (Å²) in [7, 11) is 1.71. The van der Waals surface area contributed by atoms with Crippen LogP contribution in [0.2, 0.25) is 0 Å². The molecule has 0 bridgehead atoms.